The zero-order chi connectivity index (χ0) is 13.2. The highest BCUT2D eigenvalue weighted by atomic mass is 32.1. The Morgan fingerprint density at radius 3 is 2.53 bits per heavy atom. The maximum absolute atomic E-state index is 4.68. The van der Waals surface area contributed by atoms with Gasteiger partial charge in [-0.2, -0.15) is 0 Å². The highest BCUT2D eigenvalue weighted by Gasteiger charge is 2.07. The lowest BCUT2D eigenvalue weighted by Gasteiger charge is -2.01. The number of benzene rings is 2. The molecule has 0 amide bonds. The van der Waals surface area contributed by atoms with Gasteiger partial charge in [0.05, 0.1) is 15.2 Å². The van der Waals surface area contributed by atoms with Crippen LogP contribution in [0, 0.1) is 0 Å². The third-order valence-corrected chi connectivity index (χ3v) is 4.53. The van der Waals surface area contributed by atoms with E-state index in [1.807, 2.05) is 11.3 Å². The second-order valence-electron chi connectivity index (χ2n) is 5.17. The maximum Gasteiger partial charge on any atom is 0.0963 e. The van der Waals surface area contributed by atoms with Crippen molar-refractivity contribution in [2.75, 3.05) is 0 Å². The molecule has 0 fully saturated rings. The first kappa shape index (κ1) is 12.4. The molecule has 2 aromatic carbocycles. The van der Waals surface area contributed by atoms with Crippen molar-refractivity contribution in [3.63, 3.8) is 0 Å². The second kappa shape index (κ2) is 5.14. The lowest BCUT2D eigenvalue weighted by atomic mass is 10.1. The zero-order valence-electron chi connectivity index (χ0n) is 11.3. The highest BCUT2D eigenvalue weighted by Crippen LogP contribution is 2.28. The number of nitrogens with zero attached hydrogens (tertiary/aromatic N) is 1. The maximum atomic E-state index is 4.68. The van der Waals surface area contributed by atoms with Crippen LogP contribution in [0.5, 0.6) is 0 Å². The summed E-state index contributed by atoms with van der Waals surface area (Å²) in [5.41, 5.74) is 3.85. The van der Waals surface area contributed by atoms with Crippen molar-refractivity contribution in [2.45, 2.75) is 26.2 Å². The fourth-order valence-electron chi connectivity index (χ4n) is 2.18. The lowest BCUT2D eigenvalue weighted by molar-refractivity contribution is 0.857. The van der Waals surface area contributed by atoms with E-state index in [0.717, 1.165) is 11.9 Å². The van der Waals surface area contributed by atoms with Gasteiger partial charge in [0, 0.05) is 5.92 Å². The summed E-state index contributed by atoms with van der Waals surface area (Å²) in [4.78, 5) is 4.68. The smallest absolute Gasteiger partial charge is 0.0963 e. The molecule has 0 aliphatic rings. The molecule has 0 aliphatic carbocycles. The van der Waals surface area contributed by atoms with Crippen LogP contribution in [0.4, 0.5) is 0 Å². The summed E-state index contributed by atoms with van der Waals surface area (Å²) in [5, 5.41) is 1.23. The molecule has 0 aliphatic heterocycles. The van der Waals surface area contributed by atoms with Crippen LogP contribution < -0.4 is 0 Å². The summed E-state index contributed by atoms with van der Waals surface area (Å²) in [6.45, 7) is 4.39. The van der Waals surface area contributed by atoms with E-state index >= 15 is 0 Å². The minimum atomic E-state index is 0.509. The topological polar surface area (TPSA) is 12.9 Å². The van der Waals surface area contributed by atoms with Crippen molar-refractivity contribution < 1.29 is 0 Å². The summed E-state index contributed by atoms with van der Waals surface area (Å²) in [7, 11) is 0. The molecule has 0 atom stereocenters. The Morgan fingerprint density at radius 1 is 1.00 bits per heavy atom. The third kappa shape index (κ3) is 2.69. The van der Waals surface area contributed by atoms with Gasteiger partial charge in [0.15, 0.2) is 0 Å². The Bertz CT molecular complexity index is 683. The molecule has 3 rings (SSSR count). The van der Waals surface area contributed by atoms with Crippen LogP contribution >= 0.6 is 11.3 Å². The second-order valence-corrected chi connectivity index (χ2v) is 6.23. The van der Waals surface area contributed by atoms with E-state index in [-0.39, 0.29) is 0 Å². The van der Waals surface area contributed by atoms with Crippen LogP contribution in [0.1, 0.15) is 35.9 Å². The van der Waals surface area contributed by atoms with Gasteiger partial charge in [0.1, 0.15) is 0 Å². The van der Waals surface area contributed by atoms with Gasteiger partial charge in [-0.25, -0.2) is 4.98 Å². The van der Waals surface area contributed by atoms with Gasteiger partial charge in [-0.1, -0.05) is 50.2 Å². The first-order chi connectivity index (χ1) is 9.22. The van der Waals surface area contributed by atoms with Gasteiger partial charge in [-0.05, 0) is 29.7 Å². The molecule has 1 aromatic heterocycles. The third-order valence-electron chi connectivity index (χ3n) is 3.21. The van der Waals surface area contributed by atoms with E-state index in [2.05, 4.69) is 67.4 Å². The molecule has 2 heteroatoms. The van der Waals surface area contributed by atoms with E-state index < -0.39 is 0 Å². The molecule has 0 saturated heterocycles. The average molecular weight is 267 g/mol. The molecular weight excluding hydrogens is 250 g/mol. The van der Waals surface area contributed by atoms with Crippen LogP contribution in [0.25, 0.3) is 10.2 Å². The summed E-state index contributed by atoms with van der Waals surface area (Å²) in [5.74, 6) is 0.509. The van der Waals surface area contributed by atoms with Gasteiger partial charge in [-0.3, -0.25) is 0 Å². The predicted molar refractivity (Wildman–Crippen MR) is 83.0 cm³/mol. The van der Waals surface area contributed by atoms with E-state index in [1.54, 1.807) is 0 Å². The molecule has 0 bridgehead atoms. The normalized spacial score (nSPS) is 11.3. The van der Waals surface area contributed by atoms with E-state index in [9.17, 15) is 0 Å². The van der Waals surface area contributed by atoms with E-state index in [1.165, 1.54) is 20.8 Å². The molecule has 1 nitrogen and oxygen atoms in total. The van der Waals surface area contributed by atoms with Crippen molar-refractivity contribution in [1.82, 2.24) is 4.98 Å². The largest absolute Gasteiger partial charge is 0.241 e. The molecule has 3 aromatic rings. The van der Waals surface area contributed by atoms with E-state index in [0.29, 0.717) is 5.92 Å². The van der Waals surface area contributed by atoms with Gasteiger partial charge in [0.25, 0.3) is 0 Å². The zero-order valence-corrected chi connectivity index (χ0v) is 12.1. The van der Waals surface area contributed by atoms with Crippen molar-refractivity contribution in [3.8, 4) is 0 Å². The molecule has 0 radical (unpaired) electrons. The minimum absolute atomic E-state index is 0.509. The van der Waals surface area contributed by atoms with Gasteiger partial charge in [-0.15, -0.1) is 11.3 Å². The molecule has 0 unspecified atom stereocenters. The Morgan fingerprint density at radius 2 is 1.79 bits per heavy atom. The first-order valence-corrected chi connectivity index (χ1v) is 7.47. The fraction of sp³-hybridized carbons (Fsp3) is 0.235. The SMILES string of the molecule is CC(C)c1nc2ccc(Cc3ccccc3)cc2s1. The molecule has 1 heterocycles. The summed E-state index contributed by atoms with van der Waals surface area (Å²) >= 11 is 1.82. The van der Waals surface area contributed by atoms with Gasteiger partial charge < -0.3 is 0 Å². The number of hydrogen-bond donors (Lipinski definition) is 0. The molecule has 0 saturated carbocycles. The van der Waals surface area contributed by atoms with Crippen molar-refractivity contribution >= 4 is 21.6 Å². The monoisotopic (exact) mass is 267 g/mol. The standard InChI is InChI=1S/C17H17NS/c1-12(2)17-18-15-9-8-14(11-16(15)19-17)10-13-6-4-3-5-7-13/h3-9,11-12H,10H2,1-2H3. The lowest BCUT2D eigenvalue weighted by Crippen LogP contribution is -1.86. The van der Waals surface area contributed by atoms with Crippen molar-refractivity contribution in [3.05, 3.63) is 64.7 Å². The van der Waals surface area contributed by atoms with Gasteiger partial charge in [0.2, 0.25) is 0 Å². The van der Waals surface area contributed by atoms with Crippen molar-refractivity contribution in [1.29, 1.82) is 0 Å². The Balaban J connectivity index is 1.93. The van der Waals surface area contributed by atoms with Crippen LogP contribution in [-0.2, 0) is 6.42 Å². The van der Waals surface area contributed by atoms with Gasteiger partial charge >= 0.3 is 0 Å². The number of rotatable bonds is 3. The molecule has 0 spiro atoms. The summed E-state index contributed by atoms with van der Waals surface area (Å²) in [6, 6.07) is 17.2. The van der Waals surface area contributed by atoms with Crippen LogP contribution in [0.3, 0.4) is 0 Å². The van der Waals surface area contributed by atoms with E-state index in [4.69, 9.17) is 0 Å². The molecular formula is C17H17NS. The van der Waals surface area contributed by atoms with Crippen LogP contribution in [0.2, 0.25) is 0 Å². The summed E-state index contributed by atoms with van der Waals surface area (Å²) in [6.07, 6.45) is 0.992. The predicted octanol–water partition coefficient (Wildman–Crippen LogP) is 5.01. The number of hydrogen-bond acceptors (Lipinski definition) is 2. The van der Waals surface area contributed by atoms with Crippen LogP contribution in [0.15, 0.2) is 48.5 Å². The summed E-state index contributed by atoms with van der Waals surface area (Å²) < 4.78 is 1.30. The first-order valence-electron chi connectivity index (χ1n) is 6.65. The quantitative estimate of drug-likeness (QED) is 0.650. The Labute approximate surface area is 117 Å². The Kier molecular flexibility index (Phi) is 3.34. The minimum Gasteiger partial charge on any atom is -0.241 e. The fourth-order valence-corrected chi connectivity index (χ4v) is 3.21. The molecule has 96 valence electrons. The number of aromatic nitrogens is 1. The Hall–Kier alpha value is -1.67. The van der Waals surface area contributed by atoms with Crippen LogP contribution in [-0.4, -0.2) is 4.98 Å². The van der Waals surface area contributed by atoms with Crippen molar-refractivity contribution in [2.24, 2.45) is 0 Å². The number of fused-ring (bicyclic) bond motifs is 1. The average Bonchev–Trinajstić information content (AvgIpc) is 2.83. The molecule has 19 heavy (non-hydrogen) atoms. The number of thiazole rings is 1. The molecule has 0 N–H and O–H groups in total. The highest BCUT2D eigenvalue weighted by molar-refractivity contribution is 7.18.